The first-order valence-electron chi connectivity index (χ1n) is 4.06. The van der Waals surface area contributed by atoms with Crippen molar-refractivity contribution in [1.82, 2.24) is 4.90 Å². The third-order valence-corrected chi connectivity index (χ3v) is 1.43. The highest BCUT2D eigenvalue weighted by Crippen LogP contribution is 1.92. The quantitative estimate of drug-likeness (QED) is 0.352. The van der Waals surface area contributed by atoms with Crippen LogP contribution in [0.25, 0.3) is 0 Å². The first-order valence-corrected chi connectivity index (χ1v) is 4.06. The summed E-state index contributed by atoms with van der Waals surface area (Å²) in [6.07, 6.45) is 5.30. The Morgan fingerprint density at radius 3 is 2.67 bits per heavy atom. The van der Waals surface area contributed by atoms with Gasteiger partial charge in [0.1, 0.15) is 0 Å². The van der Waals surface area contributed by atoms with E-state index >= 15 is 0 Å². The average molecular weight is 171 g/mol. The molecular formula is C9H17NO2. The first kappa shape index (κ1) is 11.2. The van der Waals surface area contributed by atoms with Crippen LogP contribution in [0.2, 0.25) is 0 Å². The number of unbranched alkanes of at least 4 members (excludes halogenated alkanes) is 1. The van der Waals surface area contributed by atoms with Crippen LogP contribution in [0.4, 0.5) is 0 Å². The van der Waals surface area contributed by atoms with Crippen LogP contribution in [0.5, 0.6) is 0 Å². The number of allylic oxidation sites excluding steroid dienone is 1. The van der Waals surface area contributed by atoms with E-state index in [9.17, 15) is 4.79 Å². The van der Waals surface area contributed by atoms with Crippen molar-refractivity contribution in [2.75, 3.05) is 27.7 Å². The smallest absolute Gasteiger partial charge is 0.330 e. The molecule has 0 unspecified atom stereocenters. The summed E-state index contributed by atoms with van der Waals surface area (Å²) in [7, 11) is 5.44. The van der Waals surface area contributed by atoms with Gasteiger partial charge in [0.05, 0.1) is 7.11 Å². The van der Waals surface area contributed by atoms with Gasteiger partial charge in [0.25, 0.3) is 0 Å². The molecular weight excluding hydrogens is 154 g/mol. The molecule has 0 bridgehead atoms. The number of ether oxygens (including phenoxy) is 1. The molecule has 0 amide bonds. The summed E-state index contributed by atoms with van der Waals surface area (Å²) in [4.78, 5) is 12.7. The van der Waals surface area contributed by atoms with Crippen molar-refractivity contribution in [3.05, 3.63) is 12.2 Å². The Morgan fingerprint density at radius 2 is 2.17 bits per heavy atom. The lowest BCUT2D eigenvalue weighted by Gasteiger charge is -2.06. The predicted octanol–water partition coefficient (Wildman–Crippen LogP) is 1.06. The Labute approximate surface area is 74.0 Å². The molecule has 0 aliphatic rings. The molecule has 0 fully saturated rings. The maximum Gasteiger partial charge on any atom is 0.330 e. The highest BCUT2D eigenvalue weighted by Gasteiger charge is 1.90. The fourth-order valence-electron chi connectivity index (χ4n) is 0.773. The monoisotopic (exact) mass is 171 g/mol. The van der Waals surface area contributed by atoms with Crippen molar-refractivity contribution in [1.29, 1.82) is 0 Å². The number of esters is 1. The van der Waals surface area contributed by atoms with Gasteiger partial charge in [0.2, 0.25) is 0 Å². The number of hydrogen-bond donors (Lipinski definition) is 0. The molecule has 0 rings (SSSR count). The third kappa shape index (κ3) is 7.28. The Kier molecular flexibility index (Phi) is 6.38. The lowest BCUT2D eigenvalue weighted by Crippen LogP contribution is -2.12. The van der Waals surface area contributed by atoms with Gasteiger partial charge >= 0.3 is 5.97 Å². The van der Waals surface area contributed by atoms with E-state index in [2.05, 4.69) is 9.64 Å². The standard InChI is InChI=1S/C9H17NO2/c1-10(2)8-6-4-5-7-9(11)12-3/h5,7H,4,6,8H2,1-3H3. The summed E-state index contributed by atoms with van der Waals surface area (Å²) in [5, 5.41) is 0. The minimum Gasteiger partial charge on any atom is -0.466 e. The molecule has 0 radical (unpaired) electrons. The van der Waals surface area contributed by atoms with E-state index in [-0.39, 0.29) is 5.97 Å². The Balaban J connectivity index is 3.30. The maximum absolute atomic E-state index is 10.6. The van der Waals surface area contributed by atoms with Gasteiger partial charge in [-0.3, -0.25) is 0 Å². The molecule has 0 heterocycles. The van der Waals surface area contributed by atoms with Gasteiger partial charge in [-0.1, -0.05) is 6.08 Å². The zero-order valence-electron chi connectivity index (χ0n) is 8.04. The summed E-state index contributed by atoms with van der Waals surface area (Å²) in [5.41, 5.74) is 0. The number of carbonyl (C=O) groups excluding carboxylic acids is 1. The molecule has 0 aliphatic carbocycles. The molecule has 0 spiro atoms. The minimum absolute atomic E-state index is 0.278. The van der Waals surface area contributed by atoms with Crippen LogP contribution >= 0.6 is 0 Å². The van der Waals surface area contributed by atoms with Crippen molar-refractivity contribution in [3.8, 4) is 0 Å². The molecule has 3 nitrogen and oxygen atoms in total. The van der Waals surface area contributed by atoms with Crippen LogP contribution in [0.3, 0.4) is 0 Å². The zero-order valence-corrected chi connectivity index (χ0v) is 8.04. The summed E-state index contributed by atoms with van der Waals surface area (Å²) in [5.74, 6) is -0.278. The molecule has 0 saturated heterocycles. The summed E-state index contributed by atoms with van der Waals surface area (Å²) in [6.45, 7) is 1.05. The number of nitrogens with zero attached hydrogens (tertiary/aromatic N) is 1. The Morgan fingerprint density at radius 1 is 1.50 bits per heavy atom. The minimum atomic E-state index is -0.278. The summed E-state index contributed by atoms with van der Waals surface area (Å²) < 4.78 is 4.44. The highest BCUT2D eigenvalue weighted by molar-refractivity contribution is 5.81. The normalized spacial score (nSPS) is 11.0. The van der Waals surface area contributed by atoms with E-state index in [1.165, 1.54) is 13.2 Å². The van der Waals surface area contributed by atoms with Crippen LogP contribution in [0.15, 0.2) is 12.2 Å². The van der Waals surface area contributed by atoms with E-state index in [0.717, 1.165) is 19.4 Å². The fraction of sp³-hybridized carbons (Fsp3) is 0.667. The van der Waals surface area contributed by atoms with E-state index in [1.807, 2.05) is 20.2 Å². The van der Waals surface area contributed by atoms with Gasteiger partial charge in [-0.25, -0.2) is 4.79 Å². The topological polar surface area (TPSA) is 29.5 Å². The molecule has 0 atom stereocenters. The van der Waals surface area contributed by atoms with E-state index in [4.69, 9.17) is 0 Å². The number of hydrogen-bond acceptors (Lipinski definition) is 3. The molecule has 3 heteroatoms. The molecule has 0 aromatic heterocycles. The molecule has 0 aromatic carbocycles. The summed E-state index contributed by atoms with van der Waals surface area (Å²) >= 11 is 0. The van der Waals surface area contributed by atoms with Crippen molar-refractivity contribution in [2.45, 2.75) is 12.8 Å². The molecule has 0 saturated carbocycles. The van der Waals surface area contributed by atoms with Crippen molar-refractivity contribution in [3.63, 3.8) is 0 Å². The van der Waals surface area contributed by atoms with Crippen LogP contribution in [0, 0.1) is 0 Å². The van der Waals surface area contributed by atoms with Gasteiger partial charge in [0.15, 0.2) is 0 Å². The third-order valence-electron chi connectivity index (χ3n) is 1.43. The number of carbonyl (C=O) groups is 1. The van der Waals surface area contributed by atoms with Gasteiger partial charge < -0.3 is 9.64 Å². The first-order chi connectivity index (χ1) is 5.66. The second-order valence-corrected chi connectivity index (χ2v) is 2.87. The molecule has 0 aliphatic heterocycles. The molecule has 12 heavy (non-hydrogen) atoms. The van der Waals surface area contributed by atoms with Crippen LogP contribution in [-0.2, 0) is 9.53 Å². The van der Waals surface area contributed by atoms with Crippen molar-refractivity contribution in [2.24, 2.45) is 0 Å². The predicted molar refractivity (Wildman–Crippen MR) is 48.9 cm³/mol. The fourth-order valence-corrected chi connectivity index (χ4v) is 0.773. The van der Waals surface area contributed by atoms with Crippen LogP contribution in [-0.4, -0.2) is 38.6 Å². The van der Waals surface area contributed by atoms with Crippen molar-refractivity contribution >= 4 is 5.97 Å². The van der Waals surface area contributed by atoms with Crippen LogP contribution < -0.4 is 0 Å². The Hall–Kier alpha value is -0.830. The van der Waals surface area contributed by atoms with Gasteiger partial charge in [-0.15, -0.1) is 0 Å². The lowest BCUT2D eigenvalue weighted by atomic mass is 10.3. The number of methoxy groups -OCH3 is 1. The zero-order chi connectivity index (χ0) is 9.40. The van der Waals surface area contributed by atoms with E-state index in [1.54, 1.807) is 0 Å². The number of rotatable bonds is 5. The summed E-state index contributed by atoms with van der Waals surface area (Å²) in [6, 6.07) is 0. The van der Waals surface area contributed by atoms with Crippen molar-refractivity contribution < 1.29 is 9.53 Å². The second kappa shape index (κ2) is 6.85. The molecule has 70 valence electrons. The molecule has 0 aromatic rings. The van der Waals surface area contributed by atoms with Crippen LogP contribution in [0.1, 0.15) is 12.8 Å². The largest absolute Gasteiger partial charge is 0.466 e. The van der Waals surface area contributed by atoms with Gasteiger partial charge in [-0.2, -0.15) is 0 Å². The highest BCUT2D eigenvalue weighted by atomic mass is 16.5. The SMILES string of the molecule is COC(=O)C=CCCCN(C)C. The molecule has 0 N–H and O–H groups in total. The Bertz CT molecular complexity index is 153. The lowest BCUT2D eigenvalue weighted by molar-refractivity contribution is -0.134. The van der Waals surface area contributed by atoms with E-state index in [0.29, 0.717) is 0 Å². The van der Waals surface area contributed by atoms with Gasteiger partial charge in [0, 0.05) is 6.08 Å². The average Bonchev–Trinajstić information content (AvgIpc) is 2.03. The van der Waals surface area contributed by atoms with E-state index < -0.39 is 0 Å². The second-order valence-electron chi connectivity index (χ2n) is 2.87. The van der Waals surface area contributed by atoms with Gasteiger partial charge in [-0.05, 0) is 33.5 Å². The maximum atomic E-state index is 10.6.